The maximum atomic E-state index is 12.3. The highest BCUT2D eigenvalue weighted by molar-refractivity contribution is 5.95. The molecule has 0 atom stereocenters. The molecule has 1 aliphatic rings. The molecule has 2 aromatic rings. The van der Waals surface area contributed by atoms with Crippen molar-refractivity contribution < 1.29 is 14.3 Å². The number of aromatic nitrogens is 2. The fraction of sp³-hybridized carbons (Fsp3) is 0.421. The first-order chi connectivity index (χ1) is 13.2. The molecule has 3 rings (SSSR count). The van der Waals surface area contributed by atoms with Gasteiger partial charge in [0.2, 0.25) is 0 Å². The van der Waals surface area contributed by atoms with Crippen LogP contribution in [0.2, 0.25) is 0 Å². The van der Waals surface area contributed by atoms with E-state index in [0.29, 0.717) is 36.0 Å². The second kappa shape index (κ2) is 9.07. The first kappa shape index (κ1) is 18.8. The van der Waals surface area contributed by atoms with Crippen LogP contribution in [0.4, 0.5) is 11.5 Å². The molecule has 0 spiro atoms. The molecular weight excluding hydrogens is 346 g/mol. The normalized spacial score (nSPS) is 13.3. The Morgan fingerprint density at radius 1 is 1.07 bits per heavy atom. The third kappa shape index (κ3) is 4.99. The molecule has 8 nitrogen and oxygen atoms in total. The minimum atomic E-state index is -0.189. The van der Waals surface area contributed by atoms with Crippen molar-refractivity contribution in [2.75, 3.05) is 50.6 Å². The zero-order valence-electron chi connectivity index (χ0n) is 15.7. The van der Waals surface area contributed by atoms with E-state index in [1.54, 1.807) is 38.6 Å². The summed E-state index contributed by atoms with van der Waals surface area (Å²) >= 11 is 0. The quantitative estimate of drug-likeness (QED) is 0.686. The summed E-state index contributed by atoms with van der Waals surface area (Å²) in [6.07, 6.45) is 4.22. The lowest BCUT2D eigenvalue weighted by Gasteiger charge is -2.17. The number of hydrogen-bond acceptors (Lipinski definition) is 7. The van der Waals surface area contributed by atoms with Gasteiger partial charge in [-0.25, -0.2) is 0 Å². The molecule has 0 unspecified atom stereocenters. The molecule has 1 amide bonds. The molecule has 1 saturated heterocycles. The molecule has 0 saturated carbocycles. The van der Waals surface area contributed by atoms with Crippen LogP contribution in [0.1, 0.15) is 23.2 Å². The van der Waals surface area contributed by atoms with Gasteiger partial charge in [0.15, 0.2) is 5.82 Å². The summed E-state index contributed by atoms with van der Waals surface area (Å²) < 4.78 is 10.4. The topological polar surface area (TPSA) is 88.6 Å². The number of methoxy groups -OCH3 is 2. The van der Waals surface area contributed by atoms with Crippen molar-refractivity contribution >= 4 is 17.4 Å². The summed E-state index contributed by atoms with van der Waals surface area (Å²) in [5, 5.41) is 14.2. The average Bonchev–Trinajstić information content (AvgIpc) is 3.25. The molecule has 0 aliphatic carbocycles. The number of benzene rings is 1. The van der Waals surface area contributed by atoms with E-state index in [0.717, 1.165) is 18.8 Å². The van der Waals surface area contributed by atoms with Gasteiger partial charge in [0.05, 0.1) is 26.1 Å². The lowest BCUT2D eigenvalue weighted by Crippen LogP contribution is -2.29. The number of nitrogens with zero attached hydrogens (tertiary/aromatic N) is 3. The molecule has 144 valence electrons. The lowest BCUT2D eigenvalue weighted by molar-refractivity contribution is 0.0954. The van der Waals surface area contributed by atoms with Gasteiger partial charge >= 0.3 is 0 Å². The number of carbonyl (C=O) groups is 1. The second-order valence-electron chi connectivity index (χ2n) is 6.28. The Morgan fingerprint density at radius 2 is 1.78 bits per heavy atom. The molecule has 1 aromatic heterocycles. The Labute approximate surface area is 158 Å². The fourth-order valence-corrected chi connectivity index (χ4v) is 3.00. The molecule has 0 radical (unpaired) electrons. The van der Waals surface area contributed by atoms with E-state index in [2.05, 4.69) is 25.7 Å². The zero-order valence-corrected chi connectivity index (χ0v) is 15.7. The molecule has 8 heteroatoms. The van der Waals surface area contributed by atoms with Crippen molar-refractivity contribution in [3.63, 3.8) is 0 Å². The summed E-state index contributed by atoms with van der Waals surface area (Å²) in [6, 6.07) is 7.07. The Kier molecular flexibility index (Phi) is 6.30. The number of amides is 1. The van der Waals surface area contributed by atoms with Crippen molar-refractivity contribution in [1.29, 1.82) is 0 Å². The minimum Gasteiger partial charge on any atom is -0.497 e. The van der Waals surface area contributed by atoms with Gasteiger partial charge in [-0.15, -0.1) is 5.10 Å². The number of hydrogen-bond donors (Lipinski definition) is 2. The van der Waals surface area contributed by atoms with Crippen LogP contribution in [0, 0.1) is 0 Å². The zero-order chi connectivity index (χ0) is 19.1. The van der Waals surface area contributed by atoms with Gasteiger partial charge in [-0.2, -0.15) is 5.10 Å². The van der Waals surface area contributed by atoms with E-state index in [-0.39, 0.29) is 5.91 Å². The number of ether oxygens (including phenoxy) is 2. The van der Waals surface area contributed by atoms with Crippen LogP contribution >= 0.6 is 0 Å². The van der Waals surface area contributed by atoms with Gasteiger partial charge in [-0.05, 0) is 25.0 Å². The van der Waals surface area contributed by atoms with Crippen LogP contribution in [0.15, 0.2) is 30.5 Å². The average molecular weight is 371 g/mol. The fourth-order valence-electron chi connectivity index (χ4n) is 3.00. The molecule has 2 N–H and O–H groups in total. The van der Waals surface area contributed by atoms with Crippen molar-refractivity contribution in [3.05, 3.63) is 36.0 Å². The maximum absolute atomic E-state index is 12.3. The third-order valence-corrected chi connectivity index (χ3v) is 4.44. The first-order valence-corrected chi connectivity index (χ1v) is 9.02. The Hall–Kier alpha value is -3.03. The van der Waals surface area contributed by atoms with E-state index < -0.39 is 0 Å². The predicted molar refractivity (Wildman–Crippen MR) is 104 cm³/mol. The van der Waals surface area contributed by atoms with E-state index >= 15 is 0 Å². The lowest BCUT2D eigenvalue weighted by atomic mass is 10.2. The Bertz CT molecular complexity index is 755. The van der Waals surface area contributed by atoms with Crippen molar-refractivity contribution in [1.82, 2.24) is 15.5 Å². The van der Waals surface area contributed by atoms with E-state index in [9.17, 15) is 4.79 Å². The van der Waals surface area contributed by atoms with Gasteiger partial charge < -0.3 is 25.0 Å². The third-order valence-electron chi connectivity index (χ3n) is 4.44. The summed E-state index contributed by atoms with van der Waals surface area (Å²) in [5.74, 6) is 1.67. The Balaban J connectivity index is 1.50. The molecule has 1 fully saturated rings. The van der Waals surface area contributed by atoms with Gasteiger partial charge in [0.25, 0.3) is 5.91 Å². The highest BCUT2D eigenvalue weighted by Gasteiger charge is 2.13. The number of carbonyl (C=O) groups excluding carboxylic acids is 1. The second-order valence-corrected chi connectivity index (χ2v) is 6.28. The Morgan fingerprint density at radius 3 is 2.44 bits per heavy atom. The van der Waals surface area contributed by atoms with E-state index in [4.69, 9.17) is 9.47 Å². The molecular formula is C19H25N5O3. The first-order valence-electron chi connectivity index (χ1n) is 9.02. The number of nitrogens with one attached hydrogen (secondary N) is 2. The molecule has 2 heterocycles. The van der Waals surface area contributed by atoms with Crippen LogP contribution in [0.5, 0.6) is 11.5 Å². The van der Waals surface area contributed by atoms with Crippen molar-refractivity contribution in [2.45, 2.75) is 12.8 Å². The number of anilines is 2. The van der Waals surface area contributed by atoms with Gasteiger partial charge in [-0.1, -0.05) is 0 Å². The summed E-state index contributed by atoms with van der Waals surface area (Å²) in [7, 11) is 3.11. The van der Waals surface area contributed by atoms with Crippen LogP contribution in [-0.2, 0) is 0 Å². The smallest absolute Gasteiger partial charge is 0.251 e. The van der Waals surface area contributed by atoms with Gasteiger partial charge in [0, 0.05) is 43.9 Å². The van der Waals surface area contributed by atoms with Crippen LogP contribution < -0.4 is 25.0 Å². The SMILES string of the molecule is COc1cc(OC)cc(C(=O)NCCNc2cc(N3CCCC3)cnn2)c1. The summed E-state index contributed by atoms with van der Waals surface area (Å²) in [5.41, 5.74) is 1.57. The highest BCUT2D eigenvalue weighted by atomic mass is 16.5. The van der Waals surface area contributed by atoms with E-state index in [1.165, 1.54) is 12.8 Å². The standard InChI is InChI=1S/C19H25N5O3/c1-26-16-9-14(10-17(12-16)27-2)19(25)21-6-5-20-18-11-15(13-22-23-18)24-7-3-4-8-24/h9-13H,3-8H2,1-2H3,(H,20,23)(H,21,25). The number of rotatable bonds is 8. The van der Waals surface area contributed by atoms with Crippen molar-refractivity contribution in [2.24, 2.45) is 0 Å². The van der Waals surface area contributed by atoms with Gasteiger partial charge in [0.1, 0.15) is 11.5 Å². The summed E-state index contributed by atoms with van der Waals surface area (Å²) in [6.45, 7) is 3.12. The molecule has 27 heavy (non-hydrogen) atoms. The van der Waals surface area contributed by atoms with Crippen LogP contribution in [-0.4, -0.2) is 56.5 Å². The maximum Gasteiger partial charge on any atom is 0.251 e. The van der Waals surface area contributed by atoms with E-state index in [1.807, 2.05) is 6.07 Å². The molecule has 1 aliphatic heterocycles. The summed E-state index contributed by atoms with van der Waals surface area (Å²) in [4.78, 5) is 14.6. The highest BCUT2D eigenvalue weighted by Crippen LogP contribution is 2.22. The monoisotopic (exact) mass is 371 g/mol. The van der Waals surface area contributed by atoms with Crippen molar-refractivity contribution in [3.8, 4) is 11.5 Å². The minimum absolute atomic E-state index is 0.189. The van der Waals surface area contributed by atoms with Crippen LogP contribution in [0.25, 0.3) is 0 Å². The predicted octanol–water partition coefficient (Wildman–Crippen LogP) is 1.94. The van der Waals surface area contributed by atoms with Crippen LogP contribution in [0.3, 0.4) is 0 Å². The molecule has 0 bridgehead atoms. The largest absolute Gasteiger partial charge is 0.497 e. The molecule has 1 aromatic carbocycles. The van der Waals surface area contributed by atoms with Gasteiger partial charge in [-0.3, -0.25) is 4.79 Å².